The molecule has 0 radical (unpaired) electrons. The minimum Gasteiger partial charge on any atom is -0.243 e. The lowest BCUT2D eigenvalue weighted by Gasteiger charge is -2.11. The van der Waals surface area contributed by atoms with E-state index in [0.717, 1.165) is 138 Å². The summed E-state index contributed by atoms with van der Waals surface area (Å²) in [5.74, 6) is 3.82. The highest BCUT2D eigenvalue weighted by molar-refractivity contribution is 7.26. The van der Waals surface area contributed by atoms with Gasteiger partial charge in [-0.1, -0.05) is 309 Å². The van der Waals surface area contributed by atoms with Crippen LogP contribution in [0.4, 0.5) is 0 Å². The summed E-state index contributed by atoms with van der Waals surface area (Å²) in [6, 6.07) is 121. The summed E-state index contributed by atoms with van der Waals surface area (Å²) < 4.78 is 3.59. The Labute approximate surface area is 618 Å². The van der Waals surface area contributed by atoms with Crippen LogP contribution in [0.5, 0.6) is 0 Å². The van der Waals surface area contributed by atoms with E-state index in [0.29, 0.717) is 34.9 Å². The normalized spacial score (nSPS) is 11.4. The Kier molecular flexibility index (Phi) is 16.4. The van der Waals surface area contributed by atoms with Crippen molar-refractivity contribution in [2.75, 3.05) is 0 Å². The molecule has 106 heavy (non-hydrogen) atoms. The van der Waals surface area contributed by atoms with Gasteiger partial charge in [-0.15, -0.1) is 32.9 Å². The maximum Gasteiger partial charge on any atom is 0.164 e. The maximum absolute atomic E-state index is 5.15. The zero-order valence-electron chi connectivity index (χ0n) is 56.8. The predicted molar refractivity (Wildman–Crippen MR) is 437 cm³/mol. The fourth-order valence-electron chi connectivity index (χ4n) is 13.8. The number of rotatable bonds is 12. The average Bonchev–Trinajstić information content (AvgIpc) is 1.58. The number of nitrogens with zero attached hydrogens (tertiary/aromatic N) is 10. The van der Waals surface area contributed by atoms with Crippen molar-refractivity contribution < 1.29 is 0 Å². The molecule has 0 N–H and O–H groups in total. The van der Waals surface area contributed by atoms with Crippen LogP contribution in [0.3, 0.4) is 0 Å². The molecular formula is C94H58N10S2. The Bertz CT molecular complexity index is 6660. The average molecular weight is 1390 g/mol. The lowest BCUT2D eigenvalue weighted by molar-refractivity contribution is 1.07. The Morgan fingerprint density at radius 2 is 0.519 bits per heavy atom. The van der Waals surface area contributed by atoms with Crippen molar-refractivity contribution in [1.82, 2.24) is 50.1 Å². The molecule has 0 fully saturated rings. The molecule has 6 heterocycles. The van der Waals surface area contributed by atoms with Gasteiger partial charge in [0.25, 0.3) is 0 Å². The number of benzene rings is 14. The number of hydrogen-bond acceptors (Lipinski definition) is 12. The third-order valence-electron chi connectivity index (χ3n) is 19.2. The molecule has 0 saturated carbocycles. The molecule has 0 aliphatic heterocycles. The van der Waals surface area contributed by atoms with Crippen LogP contribution in [0.2, 0.25) is 0 Å². The molecule has 0 aliphatic carbocycles. The highest BCUT2D eigenvalue weighted by atomic mass is 32.1. The van der Waals surface area contributed by atoms with E-state index in [1.165, 1.54) is 25.2 Å². The second-order valence-corrected chi connectivity index (χ2v) is 28.0. The van der Waals surface area contributed by atoms with Crippen molar-refractivity contribution in [2.45, 2.75) is 0 Å². The largest absolute Gasteiger partial charge is 0.243 e. The molecule has 14 aromatic carbocycles. The third kappa shape index (κ3) is 12.4. The van der Waals surface area contributed by atoms with Crippen molar-refractivity contribution >= 4 is 85.3 Å². The minimum absolute atomic E-state index is 0.628. The predicted octanol–water partition coefficient (Wildman–Crippen LogP) is 24.4. The van der Waals surface area contributed by atoms with Gasteiger partial charge in [-0.05, 0) is 104 Å². The molecule has 0 saturated heterocycles. The summed E-state index contributed by atoms with van der Waals surface area (Å²) in [5, 5.41) is 12.6. The highest BCUT2D eigenvalue weighted by Crippen LogP contribution is 2.41. The number of fused-ring (bicyclic) bond motifs is 9. The first-order valence-electron chi connectivity index (χ1n) is 35.0. The van der Waals surface area contributed by atoms with Gasteiger partial charge in [-0.2, -0.15) is 0 Å². The van der Waals surface area contributed by atoms with E-state index in [4.69, 9.17) is 39.9 Å². The zero-order valence-corrected chi connectivity index (χ0v) is 58.4. The SMILES string of the molecule is c1ccc(-c2ccc(-c3nc(-c4ccccc4)nc(-c4ccc(-c5cccc(-c6ccc7sc8c9ccccc9nnc8c7c6)c5)cc4)n3)cc2)cc1.c1ccc(-c2ccc(-c3nc(-c4ccccc4)nc(-c4ccc(-c5cccc(-c6cccc7nc8c(nc67)sc6ccccc68)c5)cc4)n3)cc2)cc1. The summed E-state index contributed by atoms with van der Waals surface area (Å²) in [4.78, 5) is 40.9. The molecule has 0 atom stereocenters. The van der Waals surface area contributed by atoms with Crippen molar-refractivity contribution in [3.8, 4) is 135 Å². The lowest BCUT2D eigenvalue weighted by Crippen LogP contribution is -2.00. The molecule has 6 aromatic heterocycles. The van der Waals surface area contributed by atoms with Gasteiger partial charge in [0.05, 0.1) is 21.3 Å². The summed E-state index contributed by atoms with van der Waals surface area (Å²) >= 11 is 3.47. The van der Waals surface area contributed by atoms with Crippen molar-refractivity contribution in [2.24, 2.45) is 0 Å². The maximum atomic E-state index is 5.15. The van der Waals surface area contributed by atoms with E-state index in [2.05, 4.69) is 277 Å². The first-order chi connectivity index (χ1) is 52.5. The van der Waals surface area contributed by atoms with Gasteiger partial charge >= 0.3 is 0 Å². The monoisotopic (exact) mass is 1390 g/mol. The zero-order chi connectivity index (χ0) is 70.3. The van der Waals surface area contributed by atoms with E-state index in [1.807, 2.05) is 84.9 Å². The van der Waals surface area contributed by atoms with Crippen LogP contribution in [0.15, 0.2) is 352 Å². The van der Waals surface area contributed by atoms with Crippen LogP contribution in [-0.2, 0) is 0 Å². The van der Waals surface area contributed by atoms with Gasteiger partial charge < -0.3 is 0 Å². The second-order valence-electron chi connectivity index (χ2n) is 25.9. The van der Waals surface area contributed by atoms with E-state index < -0.39 is 0 Å². The summed E-state index contributed by atoms with van der Waals surface area (Å²) in [5.41, 5.74) is 23.8. The van der Waals surface area contributed by atoms with Crippen LogP contribution in [0, 0.1) is 0 Å². The van der Waals surface area contributed by atoms with Crippen molar-refractivity contribution in [1.29, 1.82) is 0 Å². The molecule has 20 aromatic rings. The van der Waals surface area contributed by atoms with Crippen LogP contribution < -0.4 is 0 Å². The van der Waals surface area contributed by atoms with Crippen LogP contribution in [0.25, 0.3) is 198 Å². The van der Waals surface area contributed by atoms with Gasteiger partial charge in [0.2, 0.25) is 0 Å². The first-order valence-corrected chi connectivity index (χ1v) is 36.6. The molecule has 0 spiro atoms. The van der Waals surface area contributed by atoms with Crippen LogP contribution >= 0.6 is 22.7 Å². The van der Waals surface area contributed by atoms with E-state index in [1.54, 1.807) is 22.7 Å². The van der Waals surface area contributed by atoms with Crippen molar-refractivity contribution in [3.63, 3.8) is 0 Å². The first kappa shape index (κ1) is 63.2. The smallest absolute Gasteiger partial charge is 0.164 e. The van der Waals surface area contributed by atoms with Crippen LogP contribution in [-0.4, -0.2) is 50.1 Å². The minimum atomic E-state index is 0.628. The van der Waals surface area contributed by atoms with Gasteiger partial charge in [0, 0.05) is 64.5 Å². The Morgan fingerprint density at radius 3 is 1.03 bits per heavy atom. The molecule has 0 aliphatic rings. The van der Waals surface area contributed by atoms with Crippen molar-refractivity contribution in [3.05, 3.63) is 352 Å². The summed E-state index contributed by atoms with van der Waals surface area (Å²) in [6.45, 7) is 0. The molecule has 12 heteroatoms. The molecular weight excluding hydrogens is 1330 g/mol. The molecule has 0 amide bonds. The Morgan fingerprint density at radius 1 is 0.179 bits per heavy atom. The molecule has 0 bridgehead atoms. The van der Waals surface area contributed by atoms with E-state index >= 15 is 0 Å². The third-order valence-corrected chi connectivity index (χ3v) is 21.5. The van der Waals surface area contributed by atoms with Gasteiger partial charge in [0.15, 0.2) is 34.9 Å². The fraction of sp³-hybridized carbons (Fsp3) is 0. The lowest BCUT2D eigenvalue weighted by atomic mass is 9.97. The van der Waals surface area contributed by atoms with E-state index in [9.17, 15) is 0 Å². The Balaban J connectivity index is 0.000000145. The quantitative estimate of drug-likeness (QED) is 0.117. The topological polar surface area (TPSA) is 129 Å². The Hall–Kier alpha value is -13.8. The number of aromatic nitrogens is 10. The van der Waals surface area contributed by atoms with E-state index in [-0.39, 0.29) is 0 Å². The van der Waals surface area contributed by atoms with Crippen LogP contribution in [0.1, 0.15) is 0 Å². The number of hydrogen-bond donors (Lipinski definition) is 0. The molecule has 20 rings (SSSR count). The van der Waals surface area contributed by atoms with Gasteiger partial charge in [0.1, 0.15) is 15.9 Å². The molecule has 10 nitrogen and oxygen atoms in total. The van der Waals surface area contributed by atoms with Gasteiger partial charge in [-0.25, -0.2) is 39.9 Å². The summed E-state index contributed by atoms with van der Waals surface area (Å²) in [7, 11) is 0. The second kappa shape index (κ2) is 27.5. The highest BCUT2D eigenvalue weighted by Gasteiger charge is 2.19. The standard InChI is InChI=1S/2C47H29N5S/c1-3-11-30(12-4-1)31-21-25-34(26-22-31)45-50-44(33-13-5-2-6-14-33)51-46(52-45)35-27-23-32(24-28-35)36-15-9-16-37(29-36)38-18-10-19-40-42(38)49-47-43(48-40)39-17-7-8-20-41(39)53-47;1-3-10-30(11-4-1)31-18-22-34(23-19-31)46-48-45(33-12-5-2-6-13-33)49-47(50-46)35-24-20-32(21-25-35)36-14-9-15-37(28-36)38-26-27-42-40(29-38)43-44(53-42)39-16-7-8-17-41(39)51-52-43/h2*1-29H. The molecule has 496 valence electrons. The number of thiophene rings is 2. The number of para-hydroxylation sites is 1. The fourth-order valence-corrected chi connectivity index (χ4v) is 15.9. The molecule has 0 unspecified atom stereocenters. The van der Waals surface area contributed by atoms with Gasteiger partial charge in [-0.3, -0.25) is 0 Å². The summed E-state index contributed by atoms with van der Waals surface area (Å²) in [6.07, 6.45) is 0.